The van der Waals surface area contributed by atoms with Crippen LogP contribution in [0.4, 0.5) is 0 Å². The van der Waals surface area contributed by atoms with E-state index in [2.05, 4.69) is 0 Å². The highest BCUT2D eigenvalue weighted by molar-refractivity contribution is 8.03. The molecule has 8 heteroatoms. The molecule has 5 atom stereocenters. The molecule has 3 aliphatic heterocycles. The highest BCUT2D eigenvalue weighted by atomic mass is 32.2. The number of esters is 1. The molecule has 2 N–H and O–H groups in total. The average Bonchev–Trinajstić information content (AvgIpc) is 3.31. The Balaban J connectivity index is 1.60. The lowest BCUT2D eigenvalue weighted by molar-refractivity contribution is -0.264. The molecule has 0 bridgehead atoms. The van der Waals surface area contributed by atoms with Gasteiger partial charge in [0.15, 0.2) is 0 Å². The summed E-state index contributed by atoms with van der Waals surface area (Å²) in [6.45, 7) is 9.11. The van der Waals surface area contributed by atoms with Crippen LogP contribution in [-0.4, -0.2) is 57.4 Å². The third-order valence-electron chi connectivity index (χ3n) is 5.99. The number of likely N-dealkylation sites (tertiary alicyclic amines) is 1. The first kappa shape index (κ1) is 20.9. The summed E-state index contributed by atoms with van der Waals surface area (Å²) in [4.78, 5) is 14.7. The van der Waals surface area contributed by atoms with E-state index >= 15 is 0 Å². The quantitative estimate of drug-likeness (QED) is 0.405. The van der Waals surface area contributed by atoms with E-state index in [1.165, 1.54) is 16.7 Å². The van der Waals surface area contributed by atoms with Crippen molar-refractivity contribution in [2.24, 2.45) is 5.92 Å². The van der Waals surface area contributed by atoms with Crippen molar-refractivity contribution >= 4 is 17.7 Å². The zero-order chi connectivity index (χ0) is 21.1. The number of hydrogen-bond acceptors (Lipinski definition) is 8. The maximum atomic E-state index is 11.7. The summed E-state index contributed by atoms with van der Waals surface area (Å²) in [7, 11) is 0. The van der Waals surface area contributed by atoms with Crippen LogP contribution in [0.25, 0.3) is 0 Å². The Morgan fingerprint density at radius 2 is 2.07 bits per heavy atom. The van der Waals surface area contributed by atoms with Gasteiger partial charge in [0.05, 0.1) is 11.9 Å². The molecule has 1 saturated heterocycles. The molecular weight excluding hydrogens is 394 g/mol. The zero-order valence-corrected chi connectivity index (χ0v) is 18.3. The third-order valence-corrected chi connectivity index (χ3v) is 7.17. The van der Waals surface area contributed by atoms with Gasteiger partial charge in [0.1, 0.15) is 6.23 Å². The van der Waals surface area contributed by atoms with Gasteiger partial charge in [0.2, 0.25) is 6.41 Å². The minimum absolute atomic E-state index is 0.00325. The molecule has 0 spiro atoms. The number of ether oxygens (including phenoxy) is 3. The number of rotatable bonds is 4. The van der Waals surface area contributed by atoms with Crippen molar-refractivity contribution in [3.8, 4) is 0 Å². The Morgan fingerprint density at radius 1 is 1.34 bits per heavy atom. The van der Waals surface area contributed by atoms with Gasteiger partial charge < -0.3 is 24.4 Å². The number of carbonyl (C=O) groups excluding carboxylic acids is 1. The Bertz CT molecular complexity index is 810. The lowest BCUT2D eigenvalue weighted by atomic mass is 9.95. The Labute approximate surface area is 175 Å². The normalized spacial score (nSPS) is 34.9. The van der Waals surface area contributed by atoms with Crippen LogP contribution in [0.3, 0.4) is 0 Å². The largest absolute Gasteiger partial charge is 0.458 e. The predicted molar refractivity (Wildman–Crippen MR) is 108 cm³/mol. The second kappa shape index (κ2) is 7.42. The average molecular weight is 424 g/mol. The molecular formula is C21H29NO6S. The first-order chi connectivity index (χ1) is 13.6. The molecule has 3 unspecified atom stereocenters. The summed E-state index contributed by atoms with van der Waals surface area (Å²) >= 11 is 1.85. The zero-order valence-electron chi connectivity index (χ0n) is 17.5. The Hall–Kier alpha value is -1.32. The number of aliphatic hydroxyl groups is 2. The molecule has 0 aromatic rings. The maximum absolute atomic E-state index is 11.7. The predicted octanol–water partition coefficient (Wildman–Crippen LogP) is 2.61. The van der Waals surface area contributed by atoms with E-state index in [1.807, 2.05) is 32.5 Å². The molecule has 0 aromatic heterocycles. The summed E-state index contributed by atoms with van der Waals surface area (Å²) < 4.78 is 16.8. The van der Waals surface area contributed by atoms with Crippen LogP contribution < -0.4 is 0 Å². The Kier molecular flexibility index (Phi) is 5.36. The first-order valence-electron chi connectivity index (χ1n) is 9.98. The van der Waals surface area contributed by atoms with Gasteiger partial charge in [-0.2, -0.15) is 0 Å². The fourth-order valence-electron chi connectivity index (χ4n) is 4.44. The smallest absolute Gasteiger partial charge is 0.337 e. The number of allylic oxidation sites excluding steroid dienone is 1. The molecule has 7 nitrogen and oxygen atoms in total. The number of thioether (sulfide) groups is 1. The van der Waals surface area contributed by atoms with E-state index in [0.29, 0.717) is 11.1 Å². The second-order valence-corrected chi connectivity index (χ2v) is 10.2. The van der Waals surface area contributed by atoms with Crippen molar-refractivity contribution in [1.29, 1.82) is 0 Å². The maximum Gasteiger partial charge on any atom is 0.337 e. The minimum Gasteiger partial charge on any atom is -0.458 e. The molecule has 0 saturated carbocycles. The van der Waals surface area contributed by atoms with Crippen LogP contribution >= 0.6 is 11.8 Å². The third kappa shape index (κ3) is 3.65. The highest BCUT2D eigenvalue weighted by Gasteiger charge is 2.54. The lowest BCUT2D eigenvalue weighted by Crippen LogP contribution is -2.49. The van der Waals surface area contributed by atoms with Crippen molar-refractivity contribution in [2.45, 2.75) is 78.0 Å². The summed E-state index contributed by atoms with van der Waals surface area (Å²) in [5.74, 6) is 0.651. The van der Waals surface area contributed by atoms with Crippen molar-refractivity contribution < 1.29 is 29.2 Å². The first-order valence-corrected chi connectivity index (χ1v) is 11.0. The van der Waals surface area contributed by atoms with Gasteiger partial charge in [0.25, 0.3) is 6.29 Å². The van der Waals surface area contributed by atoms with E-state index < -0.39 is 24.5 Å². The standard InChI is InChI=1S/C21H29NO6S/c1-10-11(2)19(27-18(10)24)26-9-14-13-8-15-12(6-7-29-15)16(13)22(17(14)23)20(25)28-21(3,4)5/h9,13,16-17,19-20,23,25H,6-8H2,1-5H3/b14-9+/t13?,16?,17-,19?,20+/m0/s1. The molecule has 4 aliphatic rings. The topological polar surface area (TPSA) is 88.5 Å². The minimum atomic E-state index is -1.24. The second-order valence-electron chi connectivity index (χ2n) is 8.98. The van der Waals surface area contributed by atoms with Crippen molar-refractivity contribution in [3.05, 3.63) is 33.5 Å². The molecule has 3 heterocycles. The van der Waals surface area contributed by atoms with Crippen LogP contribution in [0.1, 0.15) is 47.5 Å². The van der Waals surface area contributed by atoms with E-state index in [4.69, 9.17) is 14.2 Å². The van der Waals surface area contributed by atoms with Gasteiger partial charge in [0, 0.05) is 34.4 Å². The van der Waals surface area contributed by atoms with Gasteiger partial charge in [-0.25, -0.2) is 9.69 Å². The van der Waals surface area contributed by atoms with Gasteiger partial charge in [-0.15, -0.1) is 11.8 Å². The molecule has 29 heavy (non-hydrogen) atoms. The summed E-state index contributed by atoms with van der Waals surface area (Å²) in [5, 5.41) is 21.9. The number of nitrogens with zero attached hydrogens (tertiary/aromatic N) is 1. The van der Waals surface area contributed by atoms with E-state index in [0.717, 1.165) is 24.2 Å². The van der Waals surface area contributed by atoms with E-state index in [1.54, 1.807) is 18.7 Å². The van der Waals surface area contributed by atoms with Gasteiger partial charge in [-0.3, -0.25) is 0 Å². The number of aliphatic hydroxyl groups excluding tert-OH is 2. The van der Waals surface area contributed by atoms with Crippen LogP contribution in [0, 0.1) is 5.92 Å². The molecule has 0 aromatic carbocycles. The van der Waals surface area contributed by atoms with Crippen LogP contribution in [0.2, 0.25) is 0 Å². The molecule has 0 amide bonds. The molecule has 0 radical (unpaired) electrons. The van der Waals surface area contributed by atoms with Crippen molar-refractivity contribution in [3.63, 3.8) is 0 Å². The molecule has 4 rings (SSSR count). The summed E-state index contributed by atoms with van der Waals surface area (Å²) in [5.41, 5.74) is 2.67. The fourth-order valence-corrected chi connectivity index (χ4v) is 5.72. The van der Waals surface area contributed by atoms with Crippen molar-refractivity contribution in [2.75, 3.05) is 5.75 Å². The van der Waals surface area contributed by atoms with Gasteiger partial charge in [-0.05, 0) is 57.9 Å². The van der Waals surface area contributed by atoms with E-state index in [9.17, 15) is 15.0 Å². The van der Waals surface area contributed by atoms with Crippen LogP contribution in [-0.2, 0) is 19.0 Å². The molecule has 1 aliphatic carbocycles. The van der Waals surface area contributed by atoms with Crippen LogP contribution in [0.5, 0.6) is 0 Å². The SMILES string of the molecule is CC1=C(C)C(O/C=C2\C3CC4=C(CCS4)C3N([C@H](O)OC(C)(C)C)[C@H]2O)OC1=O. The number of cyclic esters (lactones) is 1. The van der Waals surface area contributed by atoms with E-state index in [-0.39, 0.29) is 17.9 Å². The molecule has 160 valence electrons. The molecule has 1 fully saturated rings. The van der Waals surface area contributed by atoms with Crippen LogP contribution in [0.15, 0.2) is 33.5 Å². The fraction of sp³-hybridized carbons (Fsp3) is 0.667. The highest BCUT2D eigenvalue weighted by Crippen LogP contribution is 2.54. The number of fused-ring (bicyclic) bond motifs is 2. The monoisotopic (exact) mass is 423 g/mol. The number of carbonyl (C=O) groups is 1. The summed E-state index contributed by atoms with van der Waals surface area (Å²) in [6.07, 6.45) is 0.217. The lowest BCUT2D eigenvalue weighted by Gasteiger charge is -2.35. The van der Waals surface area contributed by atoms with Gasteiger partial charge in [-0.1, -0.05) is 0 Å². The van der Waals surface area contributed by atoms with Gasteiger partial charge >= 0.3 is 5.97 Å². The summed E-state index contributed by atoms with van der Waals surface area (Å²) in [6, 6.07) is -0.119. The number of hydrogen-bond donors (Lipinski definition) is 2. The Morgan fingerprint density at radius 3 is 2.69 bits per heavy atom. The van der Waals surface area contributed by atoms with Crippen molar-refractivity contribution in [1.82, 2.24) is 4.90 Å².